The van der Waals surface area contributed by atoms with Gasteiger partial charge in [0.25, 0.3) is 5.91 Å². The first kappa shape index (κ1) is 17.1. The molecular weight excluding hydrogens is 324 g/mol. The zero-order chi connectivity index (χ0) is 18.4. The molecule has 26 heavy (non-hydrogen) atoms. The molecule has 2 heterocycles. The smallest absolute Gasteiger partial charge is 0.251 e. The Labute approximate surface area is 155 Å². The molecule has 1 amide bonds. The maximum Gasteiger partial charge on any atom is 0.251 e. The molecule has 2 atom stereocenters. The second kappa shape index (κ2) is 6.44. The summed E-state index contributed by atoms with van der Waals surface area (Å²) in [6.07, 6.45) is 0. The van der Waals surface area contributed by atoms with E-state index in [0.29, 0.717) is 11.8 Å². The Balaban J connectivity index is 1.79. The fourth-order valence-corrected chi connectivity index (χ4v) is 4.66. The van der Waals surface area contributed by atoms with Crippen LogP contribution in [-0.2, 0) is 0 Å². The number of fused-ring (bicyclic) bond motifs is 3. The van der Waals surface area contributed by atoms with Gasteiger partial charge in [0, 0.05) is 31.1 Å². The molecule has 2 aliphatic heterocycles. The van der Waals surface area contributed by atoms with Gasteiger partial charge in [-0.25, -0.2) is 0 Å². The van der Waals surface area contributed by atoms with Crippen molar-refractivity contribution in [1.29, 1.82) is 0 Å². The summed E-state index contributed by atoms with van der Waals surface area (Å²) >= 11 is 0. The largest absolute Gasteiger partial charge is 0.496 e. The van der Waals surface area contributed by atoms with Crippen LogP contribution in [0.2, 0.25) is 0 Å². The molecule has 1 N–H and O–H groups in total. The number of likely N-dealkylation sites (N-methyl/N-ethyl adjacent to an activating group) is 1. The van der Waals surface area contributed by atoms with E-state index < -0.39 is 0 Å². The summed E-state index contributed by atoms with van der Waals surface area (Å²) in [5.41, 5.74) is 6.45. The van der Waals surface area contributed by atoms with Crippen LogP contribution in [0.4, 0.5) is 0 Å². The van der Waals surface area contributed by atoms with E-state index in [2.05, 4.69) is 61.4 Å². The van der Waals surface area contributed by atoms with Gasteiger partial charge in [-0.2, -0.15) is 0 Å². The van der Waals surface area contributed by atoms with Crippen molar-refractivity contribution in [3.63, 3.8) is 0 Å². The van der Waals surface area contributed by atoms with Crippen LogP contribution in [0.5, 0.6) is 5.75 Å². The topological polar surface area (TPSA) is 41.6 Å². The summed E-state index contributed by atoms with van der Waals surface area (Å²) in [5.74, 6) is 1.92. The average Bonchev–Trinajstić information content (AvgIpc) is 2.94. The number of carbonyl (C=O) groups is 1. The van der Waals surface area contributed by atoms with Gasteiger partial charge in [0.1, 0.15) is 5.75 Å². The van der Waals surface area contributed by atoms with Gasteiger partial charge >= 0.3 is 0 Å². The Kier molecular flexibility index (Phi) is 4.23. The van der Waals surface area contributed by atoms with Crippen molar-refractivity contribution in [2.75, 3.05) is 33.8 Å². The van der Waals surface area contributed by atoms with E-state index in [1.165, 1.54) is 5.56 Å². The highest BCUT2D eigenvalue weighted by Gasteiger charge is 2.36. The van der Waals surface area contributed by atoms with E-state index in [1.807, 2.05) is 0 Å². The van der Waals surface area contributed by atoms with Gasteiger partial charge in [-0.3, -0.25) is 4.79 Å². The molecule has 0 aliphatic carbocycles. The van der Waals surface area contributed by atoms with Crippen LogP contribution in [0.25, 0.3) is 11.1 Å². The number of aryl methyl sites for hydroxylation is 2. The number of carbonyl (C=O) groups excluding carboxylic acids is 1. The molecule has 2 aromatic carbocycles. The van der Waals surface area contributed by atoms with Gasteiger partial charge in [-0.15, -0.1) is 0 Å². The molecule has 4 heteroatoms. The van der Waals surface area contributed by atoms with Gasteiger partial charge < -0.3 is 15.0 Å². The number of amides is 1. The van der Waals surface area contributed by atoms with Gasteiger partial charge in [-0.05, 0) is 72.8 Å². The van der Waals surface area contributed by atoms with Crippen molar-refractivity contribution >= 4 is 5.91 Å². The molecule has 1 saturated heterocycles. The highest BCUT2D eigenvalue weighted by molar-refractivity contribution is 5.97. The van der Waals surface area contributed by atoms with Crippen LogP contribution in [0, 0.1) is 19.8 Å². The Morgan fingerprint density at radius 3 is 2.50 bits per heavy atom. The summed E-state index contributed by atoms with van der Waals surface area (Å²) in [6.45, 7) is 6.95. The highest BCUT2D eigenvalue weighted by atomic mass is 16.5. The van der Waals surface area contributed by atoms with Crippen molar-refractivity contribution in [3.05, 3.63) is 52.6 Å². The monoisotopic (exact) mass is 350 g/mol. The summed E-state index contributed by atoms with van der Waals surface area (Å²) in [7, 11) is 3.87. The van der Waals surface area contributed by atoms with E-state index in [4.69, 9.17) is 4.74 Å². The number of nitrogens with one attached hydrogen (secondary N) is 1. The number of rotatable bonds is 2. The van der Waals surface area contributed by atoms with Crippen LogP contribution < -0.4 is 10.1 Å². The lowest BCUT2D eigenvalue weighted by atomic mass is 9.86. The van der Waals surface area contributed by atoms with E-state index in [9.17, 15) is 4.79 Å². The molecule has 0 spiro atoms. The van der Waals surface area contributed by atoms with Crippen LogP contribution in [0.15, 0.2) is 30.3 Å². The second-order valence-corrected chi connectivity index (χ2v) is 7.74. The van der Waals surface area contributed by atoms with Gasteiger partial charge in [0.2, 0.25) is 0 Å². The molecule has 1 fully saturated rings. The second-order valence-electron chi connectivity index (χ2n) is 7.74. The minimum absolute atomic E-state index is 0.0564. The Bertz CT molecular complexity index is 851. The standard InChI is InChI=1S/C22H26N2O2/c1-13-7-16(8-14(2)21(13)26-4)15-5-6-18-19(9-15)22(25)23-10-17-11-24(3)12-20(17)18/h5-9,17,20H,10-12H2,1-4H3,(H,23,25)/t17-,20-/m1/s1. The molecule has 136 valence electrons. The third kappa shape index (κ3) is 2.78. The van der Waals surface area contributed by atoms with E-state index in [1.54, 1.807) is 7.11 Å². The zero-order valence-corrected chi connectivity index (χ0v) is 15.9. The number of benzene rings is 2. The zero-order valence-electron chi connectivity index (χ0n) is 15.9. The van der Waals surface area contributed by atoms with E-state index >= 15 is 0 Å². The van der Waals surface area contributed by atoms with Gasteiger partial charge in [-0.1, -0.05) is 12.1 Å². The molecular formula is C22H26N2O2. The van der Waals surface area contributed by atoms with Gasteiger partial charge in [0.15, 0.2) is 0 Å². The molecule has 0 bridgehead atoms. The van der Waals surface area contributed by atoms with E-state index in [0.717, 1.165) is 53.2 Å². The lowest BCUT2D eigenvalue weighted by Gasteiger charge is -2.17. The molecule has 2 aromatic rings. The van der Waals surface area contributed by atoms with Crippen molar-refractivity contribution in [1.82, 2.24) is 10.2 Å². The maximum atomic E-state index is 12.7. The van der Waals surface area contributed by atoms with Crippen molar-refractivity contribution in [2.45, 2.75) is 19.8 Å². The molecule has 0 aromatic heterocycles. The van der Waals surface area contributed by atoms with E-state index in [-0.39, 0.29) is 5.91 Å². The SMILES string of the molecule is COc1c(C)cc(-c2ccc3c(c2)C(=O)NC[C@@H]2CN(C)C[C@@H]32)cc1C. The van der Waals surface area contributed by atoms with Crippen molar-refractivity contribution in [3.8, 4) is 16.9 Å². The van der Waals surface area contributed by atoms with Gasteiger partial charge in [0.05, 0.1) is 7.11 Å². The third-order valence-electron chi connectivity index (χ3n) is 5.84. The normalized spacial score (nSPS) is 22.4. The average molecular weight is 350 g/mol. The summed E-state index contributed by atoms with van der Waals surface area (Å²) < 4.78 is 5.48. The van der Waals surface area contributed by atoms with Crippen LogP contribution in [-0.4, -0.2) is 44.6 Å². The van der Waals surface area contributed by atoms with Crippen LogP contribution in [0.1, 0.15) is 33.0 Å². The quantitative estimate of drug-likeness (QED) is 0.903. The first-order chi connectivity index (χ1) is 12.5. The van der Waals surface area contributed by atoms with Crippen molar-refractivity contribution in [2.24, 2.45) is 5.92 Å². The van der Waals surface area contributed by atoms with Crippen LogP contribution in [0.3, 0.4) is 0 Å². The predicted octanol–water partition coefficient (Wildman–Crippen LogP) is 3.37. The number of nitrogens with zero attached hydrogens (tertiary/aromatic N) is 1. The molecule has 4 rings (SSSR count). The lowest BCUT2D eigenvalue weighted by molar-refractivity contribution is 0.0951. The molecule has 2 aliphatic rings. The summed E-state index contributed by atoms with van der Waals surface area (Å²) in [4.78, 5) is 15.1. The summed E-state index contributed by atoms with van der Waals surface area (Å²) in [6, 6.07) is 10.7. The number of hydrogen-bond donors (Lipinski definition) is 1. The Hall–Kier alpha value is -2.33. The molecule has 0 saturated carbocycles. The number of likely N-dealkylation sites (tertiary alicyclic amines) is 1. The first-order valence-electron chi connectivity index (χ1n) is 9.24. The lowest BCUT2D eigenvalue weighted by Crippen LogP contribution is -2.29. The molecule has 4 nitrogen and oxygen atoms in total. The maximum absolute atomic E-state index is 12.7. The fraction of sp³-hybridized carbons (Fsp3) is 0.409. The van der Waals surface area contributed by atoms with Crippen molar-refractivity contribution < 1.29 is 9.53 Å². The number of ether oxygens (including phenoxy) is 1. The highest BCUT2D eigenvalue weighted by Crippen LogP contribution is 2.38. The first-order valence-corrected chi connectivity index (χ1v) is 9.24. The summed E-state index contributed by atoms with van der Waals surface area (Å²) in [5, 5.41) is 3.13. The van der Waals surface area contributed by atoms with Crippen LogP contribution >= 0.6 is 0 Å². The number of hydrogen-bond acceptors (Lipinski definition) is 3. The number of methoxy groups -OCH3 is 1. The third-order valence-corrected chi connectivity index (χ3v) is 5.84. The predicted molar refractivity (Wildman–Crippen MR) is 104 cm³/mol. The molecule has 0 unspecified atom stereocenters. The fourth-order valence-electron chi connectivity index (χ4n) is 4.66. The Morgan fingerprint density at radius 1 is 1.08 bits per heavy atom. The Morgan fingerprint density at radius 2 is 1.81 bits per heavy atom. The minimum atomic E-state index is 0.0564. The minimum Gasteiger partial charge on any atom is -0.496 e. The molecule has 0 radical (unpaired) electrons.